The summed E-state index contributed by atoms with van der Waals surface area (Å²) in [5, 5.41) is -1.05. The molecule has 1 nitrogen and oxygen atoms in total. The Balaban J connectivity index is 1.44. The van der Waals surface area contributed by atoms with Gasteiger partial charge in [0.15, 0.2) is 0 Å². The molecule has 0 spiro atoms. The third kappa shape index (κ3) is 6.42. The fourth-order valence-electron chi connectivity index (χ4n) is 5.47. The molecule has 0 unspecified atom stereocenters. The van der Waals surface area contributed by atoms with Crippen LogP contribution in [0.25, 0.3) is 66.4 Å². The Morgan fingerprint density at radius 1 is 0.283 bits per heavy atom. The average molecular weight is 708 g/mol. The Hall–Kier alpha value is -6.96. The number of hydrogen-bond acceptors (Lipinski definition) is 1. The summed E-state index contributed by atoms with van der Waals surface area (Å²) in [4.78, 5) is 0.804. The number of anilines is 3. The van der Waals surface area contributed by atoms with Crippen LogP contribution in [0, 0.1) is 0 Å². The number of rotatable bonds is 8. The first-order valence-corrected chi connectivity index (χ1v) is 15.6. The van der Waals surface area contributed by atoms with E-state index in [2.05, 4.69) is 0 Å². The van der Waals surface area contributed by atoms with Gasteiger partial charge in [0.05, 0.1) is 43.9 Å². The molecule has 0 aliphatic carbocycles. The second kappa shape index (κ2) is 14.3. The van der Waals surface area contributed by atoms with E-state index in [1.807, 2.05) is 0 Å². The molecule has 0 aliphatic heterocycles. The fourth-order valence-corrected chi connectivity index (χ4v) is 5.47. The molecule has 0 heterocycles. The minimum Gasteiger partial charge on any atom is -0.310 e. The lowest BCUT2D eigenvalue weighted by atomic mass is 9.89. The van der Waals surface area contributed by atoms with Gasteiger partial charge in [-0.3, -0.25) is 0 Å². The zero-order valence-corrected chi connectivity index (χ0v) is 26.8. The van der Waals surface area contributed by atoms with Crippen molar-refractivity contribution < 1.29 is 43.9 Å². The number of fused-ring (bicyclic) bond motifs is 1. The molecule has 9 aromatic rings. The minimum absolute atomic E-state index is 0.495. The molecule has 0 fully saturated rings. The molecule has 250 valence electrons. The van der Waals surface area contributed by atoms with Gasteiger partial charge in [0.1, 0.15) is 0 Å². The molecule has 1 heteroatoms. The Kier molecular flexibility index (Phi) is 3.41. The van der Waals surface area contributed by atoms with E-state index in [1.54, 1.807) is 0 Å². The summed E-state index contributed by atoms with van der Waals surface area (Å²) in [6, 6.07) is -24.5. The molecule has 0 amide bonds. The van der Waals surface area contributed by atoms with Crippen molar-refractivity contribution in [2.45, 2.75) is 0 Å². The molecule has 0 radical (unpaired) electrons. The van der Waals surface area contributed by atoms with E-state index < -0.39 is 277 Å². The highest BCUT2D eigenvalue weighted by atomic mass is 15.1. The van der Waals surface area contributed by atoms with Crippen LogP contribution in [0.1, 0.15) is 43.9 Å². The summed E-state index contributed by atoms with van der Waals surface area (Å²) in [5.41, 5.74) is -8.99. The first kappa shape index (κ1) is 12.6. The van der Waals surface area contributed by atoms with E-state index in [0.717, 1.165) is 35.2 Å². The maximum atomic E-state index is 10.1. The van der Waals surface area contributed by atoms with Crippen molar-refractivity contribution in [2.24, 2.45) is 0 Å². The van der Waals surface area contributed by atoms with Crippen molar-refractivity contribution in [3.05, 3.63) is 224 Å². The van der Waals surface area contributed by atoms with Crippen LogP contribution < -0.4 is 4.90 Å². The van der Waals surface area contributed by atoms with Gasteiger partial charge >= 0.3 is 0 Å². The van der Waals surface area contributed by atoms with Gasteiger partial charge in [0.2, 0.25) is 0 Å². The third-order valence-corrected chi connectivity index (χ3v) is 7.82. The first-order chi connectivity index (χ1) is 39.6. The summed E-state index contributed by atoms with van der Waals surface area (Å²) in [5.74, 6) is 0. The van der Waals surface area contributed by atoms with E-state index >= 15 is 0 Å². The predicted octanol–water partition coefficient (Wildman–Crippen LogP) is 14.6. The van der Waals surface area contributed by atoms with Gasteiger partial charge in [0.25, 0.3) is 0 Å². The van der Waals surface area contributed by atoms with E-state index in [1.165, 1.54) is 0 Å². The largest absolute Gasteiger partial charge is 0.310 e. The van der Waals surface area contributed by atoms with Crippen molar-refractivity contribution in [3.63, 3.8) is 0 Å². The molecule has 0 aromatic heterocycles. The minimum atomic E-state index is -1.11. The van der Waals surface area contributed by atoms with Crippen LogP contribution in [-0.2, 0) is 0 Å². The van der Waals surface area contributed by atoms with Crippen molar-refractivity contribution in [2.75, 3.05) is 4.90 Å². The maximum absolute atomic E-state index is 10.1. The first-order valence-electron chi connectivity index (χ1n) is 31.6. The van der Waals surface area contributed by atoms with Crippen LogP contribution in [0.2, 0.25) is 0 Å². The molecule has 0 N–H and O–H groups in total. The van der Waals surface area contributed by atoms with Crippen molar-refractivity contribution in [3.8, 4) is 55.6 Å². The topological polar surface area (TPSA) is 3.24 Å². The summed E-state index contributed by atoms with van der Waals surface area (Å²) < 4.78 is 284. The van der Waals surface area contributed by atoms with Crippen LogP contribution in [0.3, 0.4) is 0 Å². The molecule has 0 bridgehead atoms. The highest BCUT2D eigenvalue weighted by molar-refractivity contribution is 5.97. The zero-order chi connectivity index (χ0) is 63.2. The van der Waals surface area contributed by atoms with Crippen molar-refractivity contribution >= 4 is 27.8 Å². The van der Waals surface area contributed by atoms with Crippen LogP contribution in [0.4, 0.5) is 17.1 Å². The lowest BCUT2D eigenvalue weighted by Crippen LogP contribution is -2.10. The summed E-state index contributed by atoms with van der Waals surface area (Å²) in [6.07, 6.45) is 0. The third-order valence-electron chi connectivity index (χ3n) is 7.82. The van der Waals surface area contributed by atoms with Crippen LogP contribution in [0.15, 0.2) is 224 Å². The van der Waals surface area contributed by atoms with E-state index in [4.69, 9.17) is 30.2 Å². The number of benzene rings is 9. The molecule has 9 aromatic carbocycles. The van der Waals surface area contributed by atoms with Gasteiger partial charge in [-0.25, -0.2) is 0 Å². The monoisotopic (exact) mass is 707 g/mol. The molecule has 53 heavy (non-hydrogen) atoms. The van der Waals surface area contributed by atoms with Crippen molar-refractivity contribution in [1.29, 1.82) is 0 Å². The van der Waals surface area contributed by atoms with Crippen LogP contribution in [-0.4, -0.2) is 0 Å². The number of nitrogens with zero attached hydrogens (tertiary/aromatic N) is 1. The second-order valence-corrected chi connectivity index (χ2v) is 10.9. The second-order valence-electron chi connectivity index (χ2n) is 10.9. The fraction of sp³-hybridized carbons (Fsp3) is 0. The van der Waals surface area contributed by atoms with Gasteiger partial charge in [-0.15, -0.1) is 0 Å². The average Bonchev–Trinajstić information content (AvgIpc) is 0.848. The van der Waals surface area contributed by atoms with E-state index in [0.29, 0.717) is 0 Å². The molecule has 0 atom stereocenters. The van der Waals surface area contributed by atoms with Gasteiger partial charge in [0, 0.05) is 17.1 Å². The molecular formula is C52H37N. The summed E-state index contributed by atoms with van der Waals surface area (Å²) >= 11 is 0. The number of hydrogen-bond donors (Lipinski definition) is 0. The lowest BCUT2D eigenvalue weighted by molar-refractivity contribution is 1.28. The summed E-state index contributed by atoms with van der Waals surface area (Å²) in [7, 11) is 0. The highest BCUT2D eigenvalue weighted by Gasteiger charge is 2.17. The normalized spacial score (nSPS) is 19.5. The van der Waals surface area contributed by atoms with Gasteiger partial charge in [-0.2, -0.15) is 0 Å². The molecule has 0 saturated carbocycles. The SMILES string of the molecule is [2H]c1cc(-c2c([2H])c([2H])c([2H])c([2H])c2-c2c([2H])c([2H])c([2H])c([2H])c2[2H])c(-c2c([2H])c([2H])c([2H])c(N(c3cc([2H])c(-c4c([2H])c([2H])c([2H])c([2H])c4[2H])c([2H])c3)c3cc([2H])c(-c4c([2H])c([2H])c([2H])c5c([2H])c([2H])c([2H])c([2H])c45)c([2H])c3)c2[2H])c([2H])c1[2H]. The van der Waals surface area contributed by atoms with Gasteiger partial charge in [-0.1, -0.05) is 187 Å². The van der Waals surface area contributed by atoms with Crippen LogP contribution in [0.5, 0.6) is 0 Å². The van der Waals surface area contributed by atoms with E-state index in [-0.39, 0.29) is 0 Å². The van der Waals surface area contributed by atoms with Gasteiger partial charge < -0.3 is 4.90 Å². The predicted molar refractivity (Wildman–Crippen MR) is 226 cm³/mol. The van der Waals surface area contributed by atoms with Crippen LogP contribution >= 0.6 is 0 Å². The Bertz CT molecular complexity index is 4400. The maximum Gasteiger partial charge on any atom is 0.0651 e. The molecule has 0 saturated heterocycles. The van der Waals surface area contributed by atoms with Crippen molar-refractivity contribution in [1.82, 2.24) is 0 Å². The Morgan fingerprint density at radius 2 is 0.755 bits per heavy atom. The Morgan fingerprint density at radius 3 is 1.49 bits per heavy atom. The van der Waals surface area contributed by atoms with E-state index in [9.17, 15) is 13.7 Å². The zero-order valence-electron chi connectivity index (χ0n) is 58.8. The summed E-state index contributed by atoms with van der Waals surface area (Å²) in [6.45, 7) is 0. The quantitative estimate of drug-likeness (QED) is 0.152. The standard InChI is InChI=1S/C52H37N/c1-3-15-38(16-4-1)39-29-33-44(34-30-39)53(45-35-31-42(32-36-45)48-28-14-20-41-19-7-8-23-47(41)48)46-22-13-21-43(37-46)50-25-10-12-27-52(50)51-26-11-9-24-49(51)40-17-5-2-6-18-40/h1-37H/i1D,2D,3D,4D,5D,6D,7D,8D,9D,10D,11D,12D,13D,14D,15D,16D,17D,18D,19D,20D,21D,22D,23D,24D,25D,26D,28D,29D,30D,31D,32D,37D. The van der Waals surface area contributed by atoms with Gasteiger partial charge in [-0.05, 0) is 103 Å². The molecule has 0 aliphatic rings. The smallest absolute Gasteiger partial charge is 0.0651 e. The lowest BCUT2D eigenvalue weighted by Gasteiger charge is -2.27. The molecular weight excluding hydrogens is 639 g/mol. The Labute approximate surface area is 356 Å². The highest BCUT2D eigenvalue weighted by Crippen LogP contribution is 2.42. The molecule has 9 rings (SSSR count).